The van der Waals surface area contributed by atoms with Crippen molar-refractivity contribution in [3.8, 4) is 0 Å². The molecule has 76 valence electrons. The Balaban J connectivity index is 1.91. The number of nitrogen functional groups attached to an aromatic ring is 1. The van der Waals surface area contributed by atoms with Gasteiger partial charge in [0.25, 0.3) is 0 Å². The molecule has 0 saturated heterocycles. The van der Waals surface area contributed by atoms with Crippen molar-refractivity contribution in [2.75, 3.05) is 5.73 Å². The lowest BCUT2D eigenvalue weighted by atomic mass is 10.0. The van der Waals surface area contributed by atoms with Gasteiger partial charge in [-0.2, -0.15) is 0 Å². The highest BCUT2D eigenvalue weighted by atomic mass is 16.3. The Hall–Kier alpha value is -1.02. The van der Waals surface area contributed by atoms with Gasteiger partial charge < -0.3 is 10.8 Å². The Kier molecular flexibility index (Phi) is 2.73. The summed E-state index contributed by atoms with van der Waals surface area (Å²) in [7, 11) is 0. The van der Waals surface area contributed by atoms with Gasteiger partial charge in [-0.3, -0.25) is 0 Å². The number of aliphatic hydroxyl groups is 1. The number of hydrogen-bond acceptors (Lipinski definition) is 2. The molecule has 1 saturated carbocycles. The van der Waals surface area contributed by atoms with E-state index in [1.54, 1.807) is 0 Å². The van der Waals surface area contributed by atoms with E-state index in [0.717, 1.165) is 30.0 Å². The lowest BCUT2D eigenvalue weighted by Gasteiger charge is -2.10. The third-order valence-electron chi connectivity index (χ3n) is 2.84. The number of anilines is 1. The highest BCUT2D eigenvalue weighted by Gasteiger charge is 2.22. The van der Waals surface area contributed by atoms with E-state index >= 15 is 0 Å². The summed E-state index contributed by atoms with van der Waals surface area (Å²) in [5.74, 6) is 0.880. The van der Waals surface area contributed by atoms with Crippen molar-refractivity contribution in [3.63, 3.8) is 0 Å². The van der Waals surface area contributed by atoms with Crippen molar-refractivity contribution in [1.29, 1.82) is 0 Å². The smallest absolute Gasteiger partial charge is 0.0790 e. The van der Waals surface area contributed by atoms with Gasteiger partial charge in [0.2, 0.25) is 0 Å². The number of hydrogen-bond donors (Lipinski definition) is 2. The van der Waals surface area contributed by atoms with Gasteiger partial charge in [-0.15, -0.1) is 0 Å². The van der Waals surface area contributed by atoms with Gasteiger partial charge in [0.05, 0.1) is 6.10 Å². The first-order valence-electron chi connectivity index (χ1n) is 5.29. The predicted octanol–water partition coefficient (Wildman–Crippen LogP) is 2.49. The van der Waals surface area contributed by atoms with E-state index in [1.807, 2.05) is 24.3 Å². The van der Waals surface area contributed by atoms with E-state index in [2.05, 4.69) is 0 Å². The first kappa shape index (κ1) is 9.53. The lowest BCUT2D eigenvalue weighted by Crippen LogP contribution is -1.98. The molecule has 0 radical (unpaired) electrons. The normalized spacial score (nSPS) is 18.1. The third-order valence-corrected chi connectivity index (χ3v) is 2.84. The fourth-order valence-electron chi connectivity index (χ4n) is 1.73. The molecule has 1 aromatic rings. The summed E-state index contributed by atoms with van der Waals surface area (Å²) in [5.41, 5.74) is 7.33. The maximum atomic E-state index is 9.87. The van der Waals surface area contributed by atoms with E-state index in [-0.39, 0.29) is 6.10 Å². The van der Waals surface area contributed by atoms with Gasteiger partial charge >= 0.3 is 0 Å². The average Bonchev–Trinajstić information content (AvgIpc) is 2.97. The summed E-state index contributed by atoms with van der Waals surface area (Å²) in [4.78, 5) is 0. The first-order valence-corrected chi connectivity index (χ1v) is 5.29. The molecule has 0 aliphatic heterocycles. The standard InChI is InChI=1S/C12H17NO/c13-11-3-1-2-10(8-11)12(14)7-6-9-4-5-9/h1-3,8-9,12,14H,4-7,13H2. The van der Waals surface area contributed by atoms with Crippen LogP contribution in [0.25, 0.3) is 0 Å². The van der Waals surface area contributed by atoms with Crippen molar-refractivity contribution in [3.05, 3.63) is 29.8 Å². The second-order valence-corrected chi connectivity index (χ2v) is 4.21. The summed E-state index contributed by atoms with van der Waals surface area (Å²) in [6.45, 7) is 0. The maximum Gasteiger partial charge on any atom is 0.0790 e. The largest absolute Gasteiger partial charge is 0.399 e. The summed E-state index contributed by atoms with van der Waals surface area (Å²) >= 11 is 0. The van der Waals surface area contributed by atoms with Crippen molar-refractivity contribution in [2.45, 2.75) is 31.8 Å². The summed E-state index contributed by atoms with van der Waals surface area (Å²) in [6, 6.07) is 7.54. The molecule has 14 heavy (non-hydrogen) atoms. The van der Waals surface area contributed by atoms with E-state index < -0.39 is 0 Å². The van der Waals surface area contributed by atoms with Crippen LogP contribution < -0.4 is 5.73 Å². The van der Waals surface area contributed by atoms with Crippen LogP contribution in [0.2, 0.25) is 0 Å². The Morgan fingerprint density at radius 2 is 2.21 bits per heavy atom. The molecule has 2 heteroatoms. The van der Waals surface area contributed by atoms with Crippen molar-refractivity contribution in [1.82, 2.24) is 0 Å². The number of rotatable bonds is 4. The molecule has 2 nitrogen and oxygen atoms in total. The molecule has 1 aliphatic rings. The Labute approximate surface area is 84.7 Å². The Bertz CT molecular complexity index is 307. The van der Waals surface area contributed by atoms with Crippen LogP contribution in [0.5, 0.6) is 0 Å². The molecular formula is C12H17NO. The predicted molar refractivity (Wildman–Crippen MR) is 57.8 cm³/mol. The third kappa shape index (κ3) is 2.48. The van der Waals surface area contributed by atoms with Gasteiger partial charge in [0.1, 0.15) is 0 Å². The van der Waals surface area contributed by atoms with Crippen LogP contribution in [-0.4, -0.2) is 5.11 Å². The number of aliphatic hydroxyl groups excluding tert-OH is 1. The summed E-state index contributed by atoms with van der Waals surface area (Å²) < 4.78 is 0. The highest BCUT2D eigenvalue weighted by molar-refractivity contribution is 5.41. The lowest BCUT2D eigenvalue weighted by molar-refractivity contribution is 0.162. The molecule has 1 aliphatic carbocycles. The zero-order valence-electron chi connectivity index (χ0n) is 8.32. The Morgan fingerprint density at radius 1 is 1.43 bits per heavy atom. The minimum absolute atomic E-state index is 0.334. The molecule has 2 rings (SSSR count). The molecule has 0 spiro atoms. The van der Waals surface area contributed by atoms with E-state index in [4.69, 9.17) is 5.73 Å². The van der Waals surface area contributed by atoms with E-state index in [1.165, 1.54) is 12.8 Å². The minimum Gasteiger partial charge on any atom is -0.399 e. The molecule has 1 atom stereocenters. The summed E-state index contributed by atoms with van der Waals surface area (Å²) in [5, 5.41) is 9.87. The molecule has 1 fully saturated rings. The van der Waals surface area contributed by atoms with Crippen molar-refractivity contribution < 1.29 is 5.11 Å². The maximum absolute atomic E-state index is 9.87. The molecule has 3 N–H and O–H groups in total. The second-order valence-electron chi connectivity index (χ2n) is 4.21. The SMILES string of the molecule is Nc1cccc(C(O)CCC2CC2)c1. The van der Waals surface area contributed by atoms with Crippen LogP contribution in [0.3, 0.4) is 0 Å². The van der Waals surface area contributed by atoms with Crippen LogP contribution >= 0.6 is 0 Å². The molecule has 0 bridgehead atoms. The fraction of sp³-hybridized carbons (Fsp3) is 0.500. The molecule has 0 aromatic heterocycles. The number of benzene rings is 1. The van der Waals surface area contributed by atoms with Crippen LogP contribution in [0.4, 0.5) is 5.69 Å². The van der Waals surface area contributed by atoms with Gasteiger partial charge in [-0.25, -0.2) is 0 Å². The zero-order valence-corrected chi connectivity index (χ0v) is 8.32. The van der Waals surface area contributed by atoms with Crippen LogP contribution in [0.15, 0.2) is 24.3 Å². The average molecular weight is 191 g/mol. The number of nitrogens with two attached hydrogens (primary N) is 1. The summed E-state index contributed by atoms with van der Waals surface area (Å²) in [6.07, 6.45) is 4.39. The molecule has 1 unspecified atom stereocenters. The topological polar surface area (TPSA) is 46.2 Å². The second kappa shape index (κ2) is 4.01. The van der Waals surface area contributed by atoms with Crippen molar-refractivity contribution in [2.24, 2.45) is 5.92 Å². The van der Waals surface area contributed by atoms with Gasteiger partial charge in [0, 0.05) is 5.69 Å². The van der Waals surface area contributed by atoms with Crippen LogP contribution in [0, 0.1) is 5.92 Å². The van der Waals surface area contributed by atoms with Crippen LogP contribution in [-0.2, 0) is 0 Å². The van der Waals surface area contributed by atoms with Crippen LogP contribution in [0.1, 0.15) is 37.4 Å². The van der Waals surface area contributed by atoms with E-state index in [9.17, 15) is 5.11 Å². The quantitative estimate of drug-likeness (QED) is 0.718. The molecular weight excluding hydrogens is 174 g/mol. The van der Waals surface area contributed by atoms with Gasteiger partial charge in [0.15, 0.2) is 0 Å². The molecule has 0 amide bonds. The van der Waals surface area contributed by atoms with E-state index in [0.29, 0.717) is 0 Å². The fourth-order valence-corrected chi connectivity index (χ4v) is 1.73. The minimum atomic E-state index is -0.334. The highest BCUT2D eigenvalue weighted by Crippen LogP contribution is 2.35. The van der Waals surface area contributed by atoms with Gasteiger partial charge in [-0.05, 0) is 36.5 Å². The van der Waals surface area contributed by atoms with Gasteiger partial charge in [-0.1, -0.05) is 25.0 Å². The monoisotopic (exact) mass is 191 g/mol. The molecule has 1 aromatic carbocycles. The van der Waals surface area contributed by atoms with Crippen molar-refractivity contribution >= 4 is 5.69 Å². The molecule has 0 heterocycles. The first-order chi connectivity index (χ1) is 6.75. The zero-order chi connectivity index (χ0) is 9.97. The Morgan fingerprint density at radius 3 is 2.86 bits per heavy atom.